The summed E-state index contributed by atoms with van der Waals surface area (Å²) in [5.41, 5.74) is 5.87. The second kappa shape index (κ2) is 10.5. The van der Waals surface area contributed by atoms with E-state index in [4.69, 9.17) is 10.5 Å². The van der Waals surface area contributed by atoms with Crippen LogP contribution >= 0.6 is 0 Å². The van der Waals surface area contributed by atoms with Gasteiger partial charge in [0.15, 0.2) is 0 Å². The fraction of sp³-hybridized carbons (Fsp3) is 0.370. The van der Waals surface area contributed by atoms with Crippen LogP contribution in [0.4, 0.5) is 23.2 Å². The van der Waals surface area contributed by atoms with Crippen LogP contribution in [-0.2, 0) is 14.9 Å². The van der Waals surface area contributed by atoms with Crippen LogP contribution in [0, 0.1) is 11.7 Å². The zero-order valence-electron chi connectivity index (χ0n) is 20.8. The molecule has 2 aliphatic carbocycles. The molecule has 1 atom stereocenters. The molecule has 2 fully saturated rings. The minimum Gasteiger partial charge on any atom is -0.465 e. The molecule has 0 aromatic heterocycles. The number of rotatable bonds is 9. The maximum atomic E-state index is 14.7. The summed E-state index contributed by atoms with van der Waals surface area (Å²) >= 11 is 0. The number of carbonyl (C=O) groups excluding carboxylic acids is 2. The Morgan fingerprint density at radius 2 is 1.87 bits per heavy atom. The first-order valence-corrected chi connectivity index (χ1v) is 12.0. The Balaban J connectivity index is 1.56. The zero-order valence-corrected chi connectivity index (χ0v) is 20.8. The van der Waals surface area contributed by atoms with Crippen molar-refractivity contribution in [1.82, 2.24) is 0 Å². The highest BCUT2D eigenvalue weighted by molar-refractivity contribution is 6.14. The van der Waals surface area contributed by atoms with Gasteiger partial charge in [0.1, 0.15) is 11.6 Å². The summed E-state index contributed by atoms with van der Waals surface area (Å²) in [7, 11) is 1.22. The number of aliphatic imine (C=N–C) groups is 1. The summed E-state index contributed by atoms with van der Waals surface area (Å²) in [6.45, 7) is 2.01. The highest BCUT2D eigenvalue weighted by Gasteiger charge is 2.53. The summed E-state index contributed by atoms with van der Waals surface area (Å²) < 4.78 is 60.8. The van der Waals surface area contributed by atoms with Crippen LogP contribution in [-0.4, -0.2) is 37.6 Å². The lowest BCUT2D eigenvalue weighted by Gasteiger charge is -2.18. The molecule has 38 heavy (non-hydrogen) atoms. The molecule has 0 saturated heterocycles. The van der Waals surface area contributed by atoms with E-state index in [2.05, 4.69) is 15.0 Å². The maximum Gasteiger partial charge on any atom is 0.573 e. The van der Waals surface area contributed by atoms with Crippen LogP contribution in [0.5, 0.6) is 5.75 Å². The van der Waals surface area contributed by atoms with Gasteiger partial charge in [0.05, 0.1) is 18.1 Å². The number of hydrogen-bond acceptors (Lipinski definition) is 6. The number of ether oxygens (including phenoxy) is 2. The first-order chi connectivity index (χ1) is 18.0. The molecule has 7 nitrogen and oxygen atoms in total. The van der Waals surface area contributed by atoms with E-state index >= 15 is 0 Å². The fourth-order valence-electron chi connectivity index (χ4n) is 4.33. The Morgan fingerprint density at radius 3 is 2.42 bits per heavy atom. The molecule has 2 aliphatic rings. The van der Waals surface area contributed by atoms with Crippen molar-refractivity contribution in [3.63, 3.8) is 0 Å². The van der Waals surface area contributed by atoms with Gasteiger partial charge in [-0.2, -0.15) is 0 Å². The van der Waals surface area contributed by atoms with Crippen molar-refractivity contribution in [3.8, 4) is 5.75 Å². The molecule has 4 rings (SSSR count). The third-order valence-corrected chi connectivity index (χ3v) is 6.80. The topological polar surface area (TPSA) is 103 Å². The van der Waals surface area contributed by atoms with E-state index in [0.29, 0.717) is 36.0 Å². The second-order valence-corrected chi connectivity index (χ2v) is 9.46. The molecule has 2 saturated carbocycles. The first-order valence-electron chi connectivity index (χ1n) is 12.0. The number of amides is 1. The van der Waals surface area contributed by atoms with Crippen molar-refractivity contribution in [2.45, 2.75) is 50.4 Å². The lowest BCUT2D eigenvalue weighted by atomic mass is 9.93. The number of carbonyl (C=O) groups is 2. The van der Waals surface area contributed by atoms with Crippen LogP contribution < -0.4 is 15.8 Å². The zero-order chi connectivity index (χ0) is 27.7. The summed E-state index contributed by atoms with van der Waals surface area (Å²) in [5.74, 6) is -2.38. The van der Waals surface area contributed by atoms with Crippen molar-refractivity contribution < 1.29 is 36.6 Å². The van der Waals surface area contributed by atoms with Gasteiger partial charge in [0.25, 0.3) is 0 Å². The third kappa shape index (κ3) is 5.98. The predicted molar refractivity (Wildman–Crippen MR) is 133 cm³/mol. The standard InChI is InChI=1S/C27H27F4N3O4/c1-15(16-3-4-16)33-14-17(13-32)20-7-5-18(11-21(20)24(35)37-2)34-25(36)26(9-10-26)22-8-6-19(12-23(22)28)38-27(29,30)31/h5-8,11-16H,3-4,9-10,32H2,1-2H3,(H,34,36). The molecule has 1 unspecified atom stereocenters. The molecular formula is C27H27F4N3O4. The molecule has 2 aromatic carbocycles. The molecule has 202 valence electrons. The Labute approximate surface area is 216 Å². The van der Waals surface area contributed by atoms with Gasteiger partial charge in [0, 0.05) is 41.3 Å². The molecular weight excluding hydrogens is 506 g/mol. The number of methoxy groups -OCH3 is 1. The van der Waals surface area contributed by atoms with E-state index in [0.717, 1.165) is 25.0 Å². The van der Waals surface area contributed by atoms with Crippen molar-refractivity contribution in [1.29, 1.82) is 0 Å². The fourth-order valence-corrected chi connectivity index (χ4v) is 4.33. The number of halogens is 4. The quantitative estimate of drug-likeness (QED) is 0.257. The van der Waals surface area contributed by atoms with Gasteiger partial charge in [-0.15, -0.1) is 13.2 Å². The molecule has 1 amide bonds. The van der Waals surface area contributed by atoms with Gasteiger partial charge in [-0.05, 0) is 62.3 Å². The van der Waals surface area contributed by atoms with Crippen molar-refractivity contribution in [2.24, 2.45) is 16.6 Å². The van der Waals surface area contributed by atoms with Gasteiger partial charge >= 0.3 is 12.3 Å². The number of nitrogens with zero attached hydrogens (tertiary/aromatic N) is 1. The normalized spacial score (nSPS) is 17.7. The Bertz CT molecular complexity index is 1300. The average Bonchev–Trinajstić information content (AvgIpc) is 3.77. The highest BCUT2D eigenvalue weighted by atomic mass is 19.4. The van der Waals surface area contributed by atoms with E-state index in [1.807, 2.05) is 6.92 Å². The summed E-state index contributed by atoms with van der Waals surface area (Å²) in [5, 5.41) is 2.69. The third-order valence-electron chi connectivity index (χ3n) is 6.80. The molecule has 0 radical (unpaired) electrons. The monoisotopic (exact) mass is 533 g/mol. The molecule has 2 aromatic rings. The Hall–Kier alpha value is -3.89. The van der Waals surface area contributed by atoms with E-state index < -0.39 is 35.2 Å². The van der Waals surface area contributed by atoms with Crippen LogP contribution in [0.3, 0.4) is 0 Å². The van der Waals surface area contributed by atoms with Crippen LogP contribution in [0.25, 0.3) is 5.57 Å². The van der Waals surface area contributed by atoms with Gasteiger partial charge in [-0.3, -0.25) is 9.79 Å². The number of nitrogens with two attached hydrogens (primary N) is 1. The largest absolute Gasteiger partial charge is 0.573 e. The van der Waals surface area contributed by atoms with Gasteiger partial charge in [-0.25, -0.2) is 9.18 Å². The van der Waals surface area contributed by atoms with Crippen LogP contribution in [0.1, 0.15) is 54.1 Å². The minimum absolute atomic E-state index is 0.0383. The lowest BCUT2D eigenvalue weighted by Crippen LogP contribution is -2.29. The van der Waals surface area contributed by atoms with Crippen molar-refractivity contribution in [3.05, 3.63) is 65.1 Å². The number of alkyl halides is 3. The Morgan fingerprint density at radius 1 is 1.16 bits per heavy atom. The average molecular weight is 534 g/mol. The molecule has 11 heteroatoms. The second-order valence-electron chi connectivity index (χ2n) is 9.46. The molecule has 0 spiro atoms. The number of nitrogens with one attached hydrogen (secondary N) is 1. The van der Waals surface area contributed by atoms with E-state index in [1.165, 1.54) is 19.4 Å². The van der Waals surface area contributed by atoms with Gasteiger partial charge < -0.3 is 20.5 Å². The molecule has 0 heterocycles. The van der Waals surface area contributed by atoms with E-state index in [9.17, 15) is 27.2 Å². The maximum absolute atomic E-state index is 14.7. The SMILES string of the molecule is COC(=O)c1cc(NC(=O)C2(c3ccc(OC(F)(F)F)cc3F)CC2)ccc1C(C=NC(C)C1CC1)=CN. The number of anilines is 1. The summed E-state index contributed by atoms with van der Waals surface area (Å²) in [6.07, 6.45) is 0.818. The van der Waals surface area contributed by atoms with Gasteiger partial charge in [0.2, 0.25) is 5.91 Å². The number of benzene rings is 2. The first kappa shape index (κ1) is 27.2. The molecule has 0 bridgehead atoms. The minimum atomic E-state index is -4.97. The van der Waals surface area contributed by atoms with Gasteiger partial charge in [-0.1, -0.05) is 12.1 Å². The number of esters is 1. The van der Waals surface area contributed by atoms with Crippen LogP contribution in [0.2, 0.25) is 0 Å². The van der Waals surface area contributed by atoms with E-state index in [1.54, 1.807) is 18.3 Å². The van der Waals surface area contributed by atoms with Crippen molar-refractivity contribution >= 4 is 29.4 Å². The Kier molecular flexibility index (Phi) is 7.48. The highest BCUT2D eigenvalue weighted by Crippen LogP contribution is 2.50. The smallest absolute Gasteiger partial charge is 0.465 e. The summed E-state index contributed by atoms with van der Waals surface area (Å²) in [4.78, 5) is 30.3. The molecule has 0 aliphatic heterocycles. The van der Waals surface area contributed by atoms with E-state index in [-0.39, 0.29) is 22.9 Å². The summed E-state index contributed by atoms with van der Waals surface area (Å²) in [6, 6.07) is 7.39. The lowest BCUT2D eigenvalue weighted by molar-refractivity contribution is -0.274. The number of allylic oxidation sites excluding steroid dienone is 1. The number of hydrogen-bond donors (Lipinski definition) is 2. The predicted octanol–water partition coefficient (Wildman–Crippen LogP) is 5.35. The van der Waals surface area contributed by atoms with Crippen molar-refractivity contribution in [2.75, 3.05) is 12.4 Å². The van der Waals surface area contributed by atoms with Crippen LogP contribution in [0.15, 0.2) is 47.6 Å². The molecule has 3 N–H and O–H groups in total.